The third-order valence-electron chi connectivity index (χ3n) is 4.13. The minimum atomic E-state index is -4.03. The lowest BCUT2D eigenvalue weighted by atomic mass is 10.1. The number of hydrogen-bond acceptors (Lipinski definition) is 8. The number of benzene rings is 2. The summed E-state index contributed by atoms with van der Waals surface area (Å²) in [5.41, 5.74) is 0.783. The molecule has 0 heterocycles. The topological polar surface area (TPSA) is 153 Å². The second-order valence-corrected chi connectivity index (χ2v) is 10.4. The molecule has 0 spiro atoms. The number of esters is 1. The molecule has 0 amide bonds. The fraction of sp³-hybridized carbons (Fsp3) is 0.250. The molecule has 172 valence electrons. The molecule has 10 nitrogen and oxygen atoms in total. The average Bonchev–Trinajstić information content (AvgIpc) is 2.71. The standard InChI is InChI=1S/C20H22N2O8S2/c1-13(23)15-6-10-18(11-7-15)32(28,29)21-12-19(24)30-14(2)20(25)16-4-8-17(9-5-16)22-31(3,26)27/h4-11,14,21-22H,12H2,1-3H3. The third kappa shape index (κ3) is 7.25. The van der Waals surface area contributed by atoms with Crippen molar-refractivity contribution in [2.45, 2.75) is 24.8 Å². The minimum absolute atomic E-state index is 0.137. The van der Waals surface area contributed by atoms with Gasteiger partial charge in [0, 0.05) is 16.8 Å². The summed E-state index contributed by atoms with van der Waals surface area (Å²) in [4.78, 5) is 35.5. The minimum Gasteiger partial charge on any atom is -0.453 e. The van der Waals surface area contributed by atoms with Gasteiger partial charge < -0.3 is 4.74 Å². The third-order valence-corrected chi connectivity index (χ3v) is 6.15. The van der Waals surface area contributed by atoms with Crippen molar-refractivity contribution < 1.29 is 36.0 Å². The second-order valence-electron chi connectivity index (χ2n) is 6.85. The summed E-state index contributed by atoms with van der Waals surface area (Å²) in [6, 6.07) is 10.7. The van der Waals surface area contributed by atoms with Crippen LogP contribution in [0.2, 0.25) is 0 Å². The lowest BCUT2D eigenvalue weighted by Crippen LogP contribution is -2.34. The molecule has 2 aromatic carbocycles. The van der Waals surface area contributed by atoms with Gasteiger partial charge in [0.15, 0.2) is 11.9 Å². The number of ether oxygens (including phenoxy) is 1. The van der Waals surface area contributed by atoms with Gasteiger partial charge in [0.25, 0.3) is 0 Å². The van der Waals surface area contributed by atoms with E-state index in [1.165, 1.54) is 62.4 Å². The highest BCUT2D eigenvalue weighted by Crippen LogP contribution is 2.14. The number of ketones is 2. The second kappa shape index (κ2) is 10.0. The predicted octanol–water partition coefficient (Wildman–Crippen LogP) is 1.35. The molecule has 32 heavy (non-hydrogen) atoms. The number of Topliss-reactive ketones (excluding diaryl/α,β-unsaturated/α-hetero) is 2. The van der Waals surface area contributed by atoms with Crippen molar-refractivity contribution in [1.82, 2.24) is 4.72 Å². The highest BCUT2D eigenvalue weighted by molar-refractivity contribution is 7.92. The summed E-state index contributed by atoms with van der Waals surface area (Å²) in [6.45, 7) is 1.98. The Bertz CT molecular complexity index is 1220. The number of rotatable bonds is 10. The molecule has 0 aliphatic rings. The van der Waals surface area contributed by atoms with E-state index in [2.05, 4.69) is 9.44 Å². The molecule has 0 saturated heterocycles. The van der Waals surface area contributed by atoms with Crippen LogP contribution in [0, 0.1) is 0 Å². The predicted molar refractivity (Wildman–Crippen MR) is 116 cm³/mol. The van der Waals surface area contributed by atoms with Crippen molar-refractivity contribution >= 4 is 43.3 Å². The maximum atomic E-state index is 12.4. The Hall–Kier alpha value is -3.09. The van der Waals surface area contributed by atoms with Crippen LogP contribution < -0.4 is 9.44 Å². The summed E-state index contributed by atoms with van der Waals surface area (Å²) in [7, 11) is -7.49. The molecule has 0 aliphatic carbocycles. The van der Waals surface area contributed by atoms with Gasteiger partial charge in [0.1, 0.15) is 6.54 Å². The van der Waals surface area contributed by atoms with E-state index in [1.807, 2.05) is 0 Å². The van der Waals surface area contributed by atoms with E-state index in [-0.39, 0.29) is 21.9 Å². The van der Waals surface area contributed by atoms with Crippen molar-refractivity contribution in [1.29, 1.82) is 0 Å². The van der Waals surface area contributed by atoms with Gasteiger partial charge in [-0.2, -0.15) is 4.72 Å². The number of anilines is 1. The molecule has 1 atom stereocenters. The molecule has 0 aliphatic heterocycles. The van der Waals surface area contributed by atoms with Crippen molar-refractivity contribution in [3.05, 3.63) is 59.7 Å². The normalized spacial score (nSPS) is 12.6. The Morgan fingerprint density at radius 3 is 1.94 bits per heavy atom. The lowest BCUT2D eigenvalue weighted by molar-refractivity contribution is -0.144. The molecule has 2 N–H and O–H groups in total. The van der Waals surface area contributed by atoms with Crippen LogP contribution in [0.4, 0.5) is 5.69 Å². The molecule has 2 rings (SSSR count). The van der Waals surface area contributed by atoms with Gasteiger partial charge in [-0.1, -0.05) is 12.1 Å². The molecule has 0 fully saturated rings. The SMILES string of the molecule is CC(=O)c1ccc(S(=O)(=O)NCC(=O)OC(C)C(=O)c2ccc(NS(C)(=O)=O)cc2)cc1. The smallest absolute Gasteiger partial charge is 0.321 e. The molecule has 1 unspecified atom stereocenters. The summed E-state index contributed by atoms with van der Waals surface area (Å²) < 4.78 is 56.3. The fourth-order valence-corrected chi connectivity index (χ4v) is 4.08. The van der Waals surface area contributed by atoms with E-state index in [0.29, 0.717) is 5.56 Å². The summed E-state index contributed by atoms with van der Waals surface area (Å²) >= 11 is 0. The molecular formula is C20H22N2O8S2. The zero-order chi connectivity index (χ0) is 24.1. The molecule has 0 saturated carbocycles. The largest absolute Gasteiger partial charge is 0.453 e. The molecule has 12 heteroatoms. The van der Waals surface area contributed by atoms with Gasteiger partial charge in [-0.15, -0.1) is 0 Å². The maximum Gasteiger partial charge on any atom is 0.321 e. The van der Waals surface area contributed by atoms with E-state index in [4.69, 9.17) is 4.74 Å². The van der Waals surface area contributed by atoms with Gasteiger partial charge in [-0.25, -0.2) is 16.8 Å². The van der Waals surface area contributed by atoms with E-state index in [9.17, 15) is 31.2 Å². The zero-order valence-corrected chi connectivity index (χ0v) is 19.1. The average molecular weight is 483 g/mol. The van der Waals surface area contributed by atoms with E-state index in [0.717, 1.165) is 6.26 Å². The van der Waals surface area contributed by atoms with Crippen LogP contribution in [-0.4, -0.2) is 53.3 Å². The van der Waals surface area contributed by atoms with Gasteiger partial charge in [-0.05, 0) is 50.2 Å². The van der Waals surface area contributed by atoms with Gasteiger partial charge in [0.2, 0.25) is 25.8 Å². The Morgan fingerprint density at radius 2 is 1.44 bits per heavy atom. The van der Waals surface area contributed by atoms with Crippen LogP contribution >= 0.6 is 0 Å². The number of sulfonamides is 2. The summed E-state index contributed by atoms with van der Waals surface area (Å²) in [5, 5.41) is 0. The lowest BCUT2D eigenvalue weighted by Gasteiger charge is -2.13. The number of hydrogen-bond donors (Lipinski definition) is 2. The quantitative estimate of drug-likeness (QED) is 0.380. The summed E-state index contributed by atoms with van der Waals surface area (Å²) in [5.74, 6) is -1.73. The Labute approximate surface area is 186 Å². The van der Waals surface area contributed by atoms with Crippen molar-refractivity contribution in [2.24, 2.45) is 0 Å². The first-order valence-corrected chi connectivity index (χ1v) is 12.6. The van der Waals surface area contributed by atoms with Crippen LogP contribution in [0.5, 0.6) is 0 Å². The molecule has 2 aromatic rings. The molecule has 0 aromatic heterocycles. The fourth-order valence-electron chi connectivity index (χ4n) is 2.55. The first-order valence-electron chi connectivity index (χ1n) is 9.21. The monoisotopic (exact) mass is 482 g/mol. The van der Waals surface area contributed by atoms with Crippen LogP contribution in [0.3, 0.4) is 0 Å². The Balaban J connectivity index is 1.94. The number of nitrogens with one attached hydrogen (secondary N) is 2. The Morgan fingerprint density at radius 1 is 0.906 bits per heavy atom. The van der Waals surface area contributed by atoms with Gasteiger partial charge in [0.05, 0.1) is 11.2 Å². The van der Waals surface area contributed by atoms with Crippen LogP contribution in [0.15, 0.2) is 53.4 Å². The van der Waals surface area contributed by atoms with E-state index >= 15 is 0 Å². The number of carbonyl (C=O) groups excluding carboxylic acids is 3. The van der Waals surface area contributed by atoms with Crippen molar-refractivity contribution in [3.63, 3.8) is 0 Å². The van der Waals surface area contributed by atoms with E-state index in [1.54, 1.807) is 0 Å². The molecule has 0 bridgehead atoms. The first-order chi connectivity index (χ1) is 14.8. The first kappa shape index (κ1) is 25.2. The van der Waals surface area contributed by atoms with Gasteiger partial charge >= 0.3 is 5.97 Å². The van der Waals surface area contributed by atoms with Crippen LogP contribution in [0.25, 0.3) is 0 Å². The highest BCUT2D eigenvalue weighted by atomic mass is 32.2. The zero-order valence-electron chi connectivity index (χ0n) is 17.5. The molecule has 0 radical (unpaired) electrons. The van der Waals surface area contributed by atoms with Crippen LogP contribution in [-0.2, 0) is 29.6 Å². The molecular weight excluding hydrogens is 460 g/mol. The van der Waals surface area contributed by atoms with Gasteiger partial charge in [-0.3, -0.25) is 19.1 Å². The Kier molecular flexibility index (Phi) is 7.88. The highest BCUT2D eigenvalue weighted by Gasteiger charge is 2.22. The van der Waals surface area contributed by atoms with Crippen molar-refractivity contribution in [2.75, 3.05) is 17.5 Å². The maximum absolute atomic E-state index is 12.4. The summed E-state index contributed by atoms with van der Waals surface area (Å²) in [6.07, 6.45) is -0.209. The van der Waals surface area contributed by atoms with Crippen molar-refractivity contribution in [3.8, 4) is 0 Å². The number of carbonyl (C=O) groups is 3. The van der Waals surface area contributed by atoms with Crippen LogP contribution in [0.1, 0.15) is 34.6 Å². The van der Waals surface area contributed by atoms with E-state index < -0.39 is 44.4 Å².